The standard InChI is InChI=1S/C23H27FN6O3/c1-4-30-21(31)16-6-5-15(13-18(16)26-23(30)33)14-28-9-11-29(12-10-28)19-8-7-17(25-20(19)24)22(32)27(2)3/h5-8,13H,4,9-12,14H2,1-3H3,(H,26,33). The summed E-state index contributed by atoms with van der Waals surface area (Å²) in [4.78, 5) is 48.7. The molecule has 0 spiro atoms. The van der Waals surface area contributed by atoms with E-state index in [1.165, 1.54) is 9.47 Å². The SMILES string of the molecule is CCn1c(=O)[nH]c2cc(CN3CCN(c4ccc(C(=O)N(C)C)nc4F)CC3)ccc2c1=O. The molecule has 9 nitrogen and oxygen atoms in total. The largest absolute Gasteiger partial charge is 0.365 e. The lowest BCUT2D eigenvalue weighted by Gasteiger charge is -2.36. The average molecular weight is 455 g/mol. The summed E-state index contributed by atoms with van der Waals surface area (Å²) in [5, 5.41) is 0.490. The lowest BCUT2D eigenvalue weighted by Crippen LogP contribution is -2.46. The highest BCUT2D eigenvalue weighted by Crippen LogP contribution is 2.21. The molecule has 1 amide bonds. The monoisotopic (exact) mass is 454 g/mol. The molecule has 0 radical (unpaired) electrons. The van der Waals surface area contributed by atoms with Crippen LogP contribution in [-0.4, -0.2) is 70.5 Å². The minimum atomic E-state index is -0.646. The van der Waals surface area contributed by atoms with Crippen molar-refractivity contribution in [3.05, 3.63) is 68.4 Å². The lowest BCUT2D eigenvalue weighted by molar-refractivity contribution is 0.0820. The van der Waals surface area contributed by atoms with E-state index in [2.05, 4.69) is 14.9 Å². The first kappa shape index (κ1) is 22.7. The topological polar surface area (TPSA) is 94.5 Å². The Labute approximate surface area is 190 Å². The molecule has 0 aliphatic carbocycles. The molecule has 1 saturated heterocycles. The number of hydrogen-bond acceptors (Lipinski definition) is 6. The Hall–Kier alpha value is -3.53. The zero-order valence-corrected chi connectivity index (χ0v) is 19.0. The van der Waals surface area contributed by atoms with Crippen molar-refractivity contribution in [3.8, 4) is 0 Å². The highest BCUT2D eigenvalue weighted by atomic mass is 19.1. The van der Waals surface area contributed by atoms with E-state index in [0.29, 0.717) is 55.9 Å². The number of rotatable bonds is 5. The molecule has 1 aromatic carbocycles. The Bertz CT molecular complexity index is 1310. The number of aromatic nitrogens is 3. The first-order valence-electron chi connectivity index (χ1n) is 10.9. The van der Waals surface area contributed by atoms with E-state index in [0.717, 1.165) is 5.56 Å². The van der Waals surface area contributed by atoms with Gasteiger partial charge in [0.2, 0.25) is 5.95 Å². The van der Waals surface area contributed by atoms with Gasteiger partial charge < -0.3 is 14.8 Å². The number of pyridine rings is 1. The fraction of sp³-hybridized carbons (Fsp3) is 0.391. The second-order valence-electron chi connectivity index (χ2n) is 8.33. The first-order valence-corrected chi connectivity index (χ1v) is 10.9. The van der Waals surface area contributed by atoms with E-state index < -0.39 is 11.6 Å². The van der Waals surface area contributed by atoms with Gasteiger partial charge in [0.05, 0.1) is 16.6 Å². The zero-order chi connectivity index (χ0) is 23.7. The molecule has 3 heterocycles. The van der Waals surface area contributed by atoms with Crippen molar-refractivity contribution in [1.29, 1.82) is 0 Å². The molecule has 0 bridgehead atoms. The molecule has 33 heavy (non-hydrogen) atoms. The summed E-state index contributed by atoms with van der Waals surface area (Å²) in [6, 6.07) is 8.66. The Morgan fingerprint density at radius 1 is 1.12 bits per heavy atom. The number of fused-ring (bicyclic) bond motifs is 1. The van der Waals surface area contributed by atoms with Crippen LogP contribution in [0.3, 0.4) is 0 Å². The summed E-state index contributed by atoms with van der Waals surface area (Å²) in [6.45, 7) is 5.39. The van der Waals surface area contributed by atoms with Crippen LogP contribution < -0.4 is 16.1 Å². The van der Waals surface area contributed by atoms with Gasteiger partial charge in [-0.05, 0) is 36.8 Å². The third kappa shape index (κ3) is 4.51. The van der Waals surface area contributed by atoms with E-state index in [4.69, 9.17) is 0 Å². The van der Waals surface area contributed by atoms with E-state index in [9.17, 15) is 18.8 Å². The summed E-state index contributed by atoms with van der Waals surface area (Å²) < 4.78 is 15.8. The number of halogens is 1. The number of amides is 1. The molecule has 10 heteroatoms. The van der Waals surface area contributed by atoms with Gasteiger partial charge in [0.25, 0.3) is 11.5 Å². The molecule has 1 fully saturated rings. The minimum Gasteiger partial charge on any atom is -0.365 e. The van der Waals surface area contributed by atoms with Crippen LogP contribution in [0, 0.1) is 5.95 Å². The summed E-state index contributed by atoms with van der Waals surface area (Å²) >= 11 is 0. The van der Waals surface area contributed by atoms with Crippen LogP contribution in [0.25, 0.3) is 10.9 Å². The van der Waals surface area contributed by atoms with Crippen LogP contribution in [0.1, 0.15) is 23.0 Å². The number of aromatic amines is 1. The van der Waals surface area contributed by atoms with E-state index in [-0.39, 0.29) is 17.2 Å². The number of nitrogens with one attached hydrogen (secondary N) is 1. The van der Waals surface area contributed by atoms with E-state index in [1.807, 2.05) is 17.0 Å². The molecule has 0 unspecified atom stereocenters. The maximum absolute atomic E-state index is 14.6. The third-order valence-electron chi connectivity index (χ3n) is 5.94. The van der Waals surface area contributed by atoms with Gasteiger partial charge in [-0.3, -0.25) is 19.1 Å². The van der Waals surface area contributed by atoms with Crippen molar-refractivity contribution in [2.75, 3.05) is 45.2 Å². The van der Waals surface area contributed by atoms with E-state index >= 15 is 0 Å². The number of carbonyl (C=O) groups excluding carboxylic acids is 1. The number of nitrogens with zero attached hydrogens (tertiary/aromatic N) is 5. The molecule has 1 N–H and O–H groups in total. The fourth-order valence-corrected chi connectivity index (χ4v) is 4.10. The molecule has 174 valence electrons. The minimum absolute atomic E-state index is 0.0833. The molecule has 0 saturated carbocycles. The number of carbonyl (C=O) groups is 1. The van der Waals surface area contributed by atoms with Crippen molar-refractivity contribution in [2.45, 2.75) is 20.0 Å². The predicted octanol–water partition coefficient (Wildman–Crippen LogP) is 1.27. The maximum Gasteiger partial charge on any atom is 0.328 e. The van der Waals surface area contributed by atoms with Crippen molar-refractivity contribution >= 4 is 22.5 Å². The van der Waals surface area contributed by atoms with Crippen LogP contribution in [0.4, 0.5) is 10.1 Å². The quantitative estimate of drug-likeness (QED) is 0.584. The smallest absolute Gasteiger partial charge is 0.328 e. The van der Waals surface area contributed by atoms with Crippen LogP contribution in [0.15, 0.2) is 39.9 Å². The molecular formula is C23H27FN6O3. The predicted molar refractivity (Wildman–Crippen MR) is 124 cm³/mol. The molecular weight excluding hydrogens is 427 g/mol. The number of hydrogen-bond donors (Lipinski definition) is 1. The summed E-state index contributed by atoms with van der Waals surface area (Å²) in [7, 11) is 3.20. The van der Waals surface area contributed by atoms with Crippen LogP contribution >= 0.6 is 0 Å². The van der Waals surface area contributed by atoms with Crippen molar-refractivity contribution in [1.82, 2.24) is 24.3 Å². The highest BCUT2D eigenvalue weighted by Gasteiger charge is 2.22. The van der Waals surface area contributed by atoms with Gasteiger partial charge in [-0.1, -0.05) is 6.07 Å². The molecule has 4 rings (SSSR count). The lowest BCUT2D eigenvalue weighted by atomic mass is 10.1. The number of piperazine rings is 1. The summed E-state index contributed by atoms with van der Waals surface area (Å²) in [5.41, 5.74) is 1.30. The number of benzene rings is 1. The van der Waals surface area contributed by atoms with Gasteiger partial charge >= 0.3 is 5.69 Å². The summed E-state index contributed by atoms with van der Waals surface area (Å²) in [6.07, 6.45) is 0. The fourth-order valence-electron chi connectivity index (χ4n) is 4.10. The van der Waals surface area contributed by atoms with E-state index in [1.54, 1.807) is 39.2 Å². The zero-order valence-electron chi connectivity index (χ0n) is 19.0. The molecule has 1 aliphatic heterocycles. The van der Waals surface area contributed by atoms with Gasteiger partial charge in [-0.2, -0.15) is 4.39 Å². The van der Waals surface area contributed by atoms with Crippen LogP contribution in [0.5, 0.6) is 0 Å². The van der Waals surface area contributed by atoms with Crippen molar-refractivity contribution in [2.24, 2.45) is 0 Å². The van der Waals surface area contributed by atoms with Crippen molar-refractivity contribution in [3.63, 3.8) is 0 Å². The number of H-pyrrole nitrogens is 1. The third-order valence-corrected chi connectivity index (χ3v) is 5.94. The molecule has 0 atom stereocenters. The Morgan fingerprint density at radius 2 is 1.85 bits per heavy atom. The number of anilines is 1. The Morgan fingerprint density at radius 3 is 2.48 bits per heavy atom. The van der Waals surface area contributed by atoms with Gasteiger partial charge in [-0.25, -0.2) is 9.78 Å². The average Bonchev–Trinajstić information content (AvgIpc) is 2.79. The summed E-state index contributed by atoms with van der Waals surface area (Å²) in [5.74, 6) is -0.983. The first-order chi connectivity index (χ1) is 15.8. The van der Waals surface area contributed by atoms with Crippen LogP contribution in [-0.2, 0) is 13.1 Å². The van der Waals surface area contributed by atoms with Gasteiger partial charge in [0.1, 0.15) is 5.69 Å². The van der Waals surface area contributed by atoms with Crippen molar-refractivity contribution < 1.29 is 9.18 Å². The highest BCUT2D eigenvalue weighted by molar-refractivity contribution is 5.92. The van der Waals surface area contributed by atoms with Gasteiger partial charge in [0.15, 0.2) is 0 Å². The maximum atomic E-state index is 14.6. The second-order valence-corrected chi connectivity index (χ2v) is 8.33. The molecule has 1 aliphatic rings. The van der Waals surface area contributed by atoms with Gasteiger partial charge in [0, 0.05) is 53.4 Å². The van der Waals surface area contributed by atoms with Crippen LogP contribution in [0.2, 0.25) is 0 Å². The molecule has 2 aromatic heterocycles. The Balaban J connectivity index is 1.43. The normalized spacial score (nSPS) is 14.6. The van der Waals surface area contributed by atoms with Gasteiger partial charge in [-0.15, -0.1) is 0 Å². The Kier molecular flexibility index (Phi) is 6.28. The molecule has 3 aromatic rings. The second kappa shape index (κ2) is 9.14.